The summed E-state index contributed by atoms with van der Waals surface area (Å²) in [5, 5.41) is 5.51. The van der Waals surface area contributed by atoms with Gasteiger partial charge in [-0.2, -0.15) is 4.31 Å². The van der Waals surface area contributed by atoms with Crippen LogP contribution in [0.15, 0.2) is 17.0 Å². The summed E-state index contributed by atoms with van der Waals surface area (Å²) in [5.74, 6) is 0.422. The zero-order chi connectivity index (χ0) is 22.8. The zero-order valence-corrected chi connectivity index (χ0v) is 19.4. The van der Waals surface area contributed by atoms with Crippen LogP contribution in [0.25, 0.3) is 0 Å². The first kappa shape index (κ1) is 23.5. The Labute approximate surface area is 184 Å². The molecule has 0 spiro atoms. The van der Waals surface area contributed by atoms with E-state index in [1.807, 2.05) is 0 Å². The molecule has 1 aromatic carbocycles. The molecule has 2 aliphatic heterocycles. The quantitative estimate of drug-likeness (QED) is 0.643. The van der Waals surface area contributed by atoms with E-state index in [9.17, 15) is 18.0 Å². The molecule has 2 aliphatic rings. The van der Waals surface area contributed by atoms with Crippen LogP contribution in [0.3, 0.4) is 0 Å². The number of ether oxygens (including phenoxy) is 1. The van der Waals surface area contributed by atoms with Crippen LogP contribution < -0.4 is 15.4 Å². The highest BCUT2D eigenvalue weighted by Gasteiger charge is 2.30. The number of hydrogen-bond acceptors (Lipinski definition) is 6. The third kappa shape index (κ3) is 5.55. The van der Waals surface area contributed by atoms with Gasteiger partial charge in [0.25, 0.3) is 5.91 Å². The van der Waals surface area contributed by atoms with Gasteiger partial charge in [0.15, 0.2) is 6.10 Å². The maximum atomic E-state index is 13.1. The molecule has 2 N–H and O–H groups in total. The van der Waals surface area contributed by atoms with Crippen molar-refractivity contribution in [2.45, 2.75) is 44.6 Å². The highest BCUT2D eigenvalue weighted by molar-refractivity contribution is 7.89. The fraction of sp³-hybridized carbons (Fsp3) is 0.619. The van der Waals surface area contributed by atoms with Crippen LogP contribution in [0.5, 0.6) is 5.75 Å². The number of anilines is 1. The van der Waals surface area contributed by atoms with Crippen molar-refractivity contribution >= 4 is 27.5 Å². The number of aryl methyl sites for hydroxylation is 1. The van der Waals surface area contributed by atoms with E-state index in [2.05, 4.69) is 22.5 Å². The molecule has 1 fully saturated rings. The lowest BCUT2D eigenvalue weighted by Crippen LogP contribution is -2.43. The predicted octanol–water partition coefficient (Wildman–Crippen LogP) is 1.18. The van der Waals surface area contributed by atoms with Crippen molar-refractivity contribution in [2.75, 3.05) is 45.1 Å². The van der Waals surface area contributed by atoms with Crippen LogP contribution in [0.1, 0.15) is 32.3 Å². The second kappa shape index (κ2) is 9.54. The summed E-state index contributed by atoms with van der Waals surface area (Å²) < 4.78 is 32.7. The first-order valence-electron chi connectivity index (χ1n) is 10.7. The minimum Gasteiger partial charge on any atom is -0.479 e. The van der Waals surface area contributed by atoms with Gasteiger partial charge in [-0.05, 0) is 57.3 Å². The lowest BCUT2D eigenvalue weighted by molar-refractivity contribution is -0.123. The Morgan fingerprint density at radius 3 is 2.65 bits per heavy atom. The van der Waals surface area contributed by atoms with Gasteiger partial charge in [-0.15, -0.1) is 0 Å². The Hall–Kier alpha value is -2.17. The number of nitrogens with zero attached hydrogens (tertiary/aromatic N) is 2. The number of sulfonamides is 1. The molecule has 1 unspecified atom stereocenters. The molecule has 10 heteroatoms. The summed E-state index contributed by atoms with van der Waals surface area (Å²) in [6, 6.07) is 2.97. The van der Waals surface area contributed by atoms with Gasteiger partial charge >= 0.3 is 0 Å². The first-order valence-corrected chi connectivity index (χ1v) is 12.1. The molecular weight excluding hydrogens is 420 g/mol. The van der Waals surface area contributed by atoms with E-state index >= 15 is 0 Å². The second-order valence-electron chi connectivity index (χ2n) is 8.50. The van der Waals surface area contributed by atoms with Gasteiger partial charge in [0, 0.05) is 26.2 Å². The molecule has 1 aromatic rings. The maximum Gasteiger partial charge on any atom is 0.265 e. The van der Waals surface area contributed by atoms with E-state index in [1.54, 1.807) is 19.9 Å². The standard InChI is InChI=1S/C21H32N4O5S/c1-14-5-8-25(9-6-14)10-7-22-20(26)13-24(4)31(28,29)19-12-18-17(11-15(19)2)23-21(27)16(3)30-18/h11-12,14,16H,5-10,13H2,1-4H3,(H,22,26)(H,23,27). The largest absolute Gasteiger partial charge is 0.479 e. The topological polar surface area (TPSA) is 108 Å². The Bertz CT molecular complexity index is 941. The number of rotatable bonds is 7. The molecule has 1 atom stereocenters. The summed E-state index contributed by atoms with van der Waals surface area (Å²) in [6.45, 7) is 8.53. The lowest BCUT2D eigenvalue weighted by Gasteiger charge is -2.30. The van der Waals surface area contributed by atoms with Crippen LogP contribution in [0.2, 0.25) is 0 Å². The smallest absolute Gasteiger partial charge is 0.265 e. The van der Waals surface area contributed by atoms with Gasteiger partial charge in [-0.25, -0.2) is 8.42 Å². The molecule has 9 nitrogen and oxygen atoms in total. The van der Waals surface area contributed by atoms with Gasteiger partial charge in [-0.3, -0.25) is 9.59 Å². The zero-order valence-electron chi connectivity index (χ0n) is 18.6. The number of likely N-dealkylation sites (tertiary alicyclic amines) is 1. The van der Waals surface area contributed by atoms with Crippen LogP contribution in [0.4, 0.5) is 5.69 Å². The summed E-state index contributed by atoms with van der Waals surface area (Å²) in [6.07, 6.45) is 1.63. The van der Waals surface area contributed by atoms with Gasteiger partial charge in [0.05, 0.1) is 17.1 Å². The van der Waals surface area contributed by atoms with E-state index in [4.69, 9.17) is 4.74 Å². The minimum atomic E-state index is -3.91. The number of carbonyl (C=O) groups excluding carboxylic acids is 2. The molecule has 172 valence electrons. The number of piperidine rings is 1. The molecule has 2 heterocycles. The fourth-order valence-corrected chi connectivity index (χ4v) is 5.12. The lowest BCUT2D eigenvalue weighted by atomic mass is 9.99. The average molecular weight is 453 g/mol. The van der Waals surface area contributed by atoms with Gasteiger partial charge in [-0.1, -0.05) is 6.92 Å². The molecule has 3 rings (SSSR count). The number of hydrogen-bond donors (Lipinski definition) is 2. The summed E-state index contributed by atoms with van der Waals surface area (Å²) in [5.41, 5.74) is 0.899. The van der Waals surface area contributed by atoms with E-state index < -0.39 is 16.1 Å². The van der Waals surface area contributed by atoms with Gasteiger partial charge in [0.1, 0.15) is 5.75 Å². The number of fused-ring (bicyclic) bond motifs is 1. The Morgan fingerprint density at radius 2 is 1.97 bits per heavy atom. The van der Waals surface area contributed by atoms with E-state index in [0.29, 0.717) is 23.5 Å². The average Bonchev–Trinajstić information content (AvgIpc) is 2.70. The van der Waals surface area contributed by atoms with E-state index in [1.165, 1.54) is 26.0 Å². The van der Waals surface area contributed by atoms with Crippen LogP contribution in [-0.2, 0) is 19.6 Å². The third-order valence-electron chi connectivity index (χ3n) is 5.89. The Balaban J connectivity index is 1.59. The monoisotopic (exact) mass is 452 g/mol. The number of carbonyl (C=O) groups is 2. The van der Waals surface area contributed by atoms with Crippen LogP contribution >= 0.6 is 0 Å². The van der Waals surface area contributed by atoms with E-state index in [-0.39, 0.29) is 23.3 Å². The highest BCUT2D eigenvalue weighted by Crippen LogP contribution is 2.35. The SMILES string of the molecule is Cc1cc2c(cc1S(=O)(=O)N(C)CC(=O)NCCN1CCC(C)CC1)OC(C)C(=O)N2. The normalized spacial score (nSPS) is 20.2. The highest BCUT2D eigenvalue weighted by atomic mass is 32.2. The predicted molar refractivity (Wildman–Crippen MR) is 118 cm³/mol. The van der Waals surface area contributed by atoms with Crippen LogP contribution in [-0.4, -0.2) is 75.3 Å². The summed E-state index contributed by atoms with van der Waals surface area (Å²) in [4.78, 5) is 26.4. The van der Waals surface area contributed by atoms with Crippen molar-refractivity contribution < 1.29 is 22.7 Å². The fourth-order valence-electron chi connectivity index (χ4n) is 3.77. The molecule has 0 aromatic heterocycles. The van der Waals surface area contributed by atoms with Crippen molar-refractivity contribution in [2.24, 2.45) is 5.92 Å². The maximum absolute atomic E-state index is 13.1. The third-order valence-corrected chi connectivity index (χ3v) is 7.83. The number of benzene rings is 1. The van der Waals surface area contributed by atoms with Crippen molar-refractivity contribution in [1.82, 2.24) is 14.5 Å². The van der Waals surface area contributed by atoms with Gasteiger partial charge in [0.2, 0.25) is 15.9 Å². The van der Waals surface area contributed by atoms with Crippen molar-refractivity contribution in [3.8, 4) is 5.75 Å². The van der Waals surface area contributed by atoms with Crippen molar-refractivity contribution in [1.29, 1.82) is 0 Å². The number of likely N-dealkylation sites (N-methyl/N-ethyl adjacent to an activating group) is 1. The molecule has 31 heavy (non-hydrogen) atoms. The number of amides is 2. The Morgan fingerprint density at radius 1 is 1.29 bits per heavy atom. The Kier molecular flexibility index (Phi) is 7.23. The van der Waals surface area contributed by atoms with Crippen molar-refractivity contribution in [3.63, 3.8) is 0 Å². The molecule has 0 saturated carbocycles. The first-order chi connectivity index (χ1) is 14.6. The summed E-state index contributed by atoms with van der Waals surface area (Å²) >= 11 is 0. The van der Waals surface area contributed by atoms with E-state index in [0.717, 1.165) is 29.9 Å². The second-order valence-corrected chi connectivity index (χ2v) is 10.5. The minimum absolute atomic E-state index is 0.0485. The van der Waals surface area contributed by atoms with Crippen molar-refractivity contribution in [3.05, 3.63) is 17.7 Å². The molecular formula is C21H32N4O5S. The molecule has 2 amide bonds. The molecule has 0 radical (unpaired) electrons. The molecule has 0 bridgehead atoms. The number of nitrogens with one attached hydrogen (secondary N) is 2. The van der Waals surface area contributed by atoms with Crippen LogP contribution in [0, 0.1) is 12.8 Å². The van der Waals surface area contributed by atoms with Gasteiger partial charge < -0.3 is 20.3 Å². The summed E-state index contributed by atoms with van der Waals surface area (Å²) in [7, 11) is -2.53. The molecule has 1 saturated heterocycles. The molecule has 0 aliphatic carbocycles.